The van der Waals surface area contributed by atoms with Gasteiger partial charge in [0.15, 0.2) is 6.10 Å². The summed E-state index contributed by atoms with van der Waals surface area (Å²) in [4.78, 5) is 11.0. The summed E-state index contributed by atoms with van der Waals surface area (Å²) in [7, 11) is 0.967. The highest BCUT2D eigenvalue weighted by molar-refractivity contribution is 5.75. The van der Waals surface area contributed by atoms with Crippen molar-refractivity contribution in [1.29, 1.82) is 0 Å². The average molecular weight is 330 g/mol. The number of alkyl halides is 5. The number of carbonyl (C=O) groups excluding carboxylic acids is 1. The zero-order chi connectivity index (χ0) is 17.1. The molecule has 0 spiro atoms. The van der Waals surface area contributed by atoms with Gasteiger partial charge in [0, 0.05) is 0 Å². The van der Waals surface area contributed by atoms with Crippen molar-refractivity contribution in [3.8, 4) is 5.75 Å². The molecule has 10 heteroatoms. The minimum Gasteiger partial charge on any atom is -0.467 e. The molecule has 0 bridgehead atoms. The lowest BCUT2D eigenvalue weighted by molar-refractivity contribution is -0.360. The van der Waals surface area contributed by atoms with Gasteiger partial charge in [0.05, 0.1) is 7.11 Å². The maximum absolute atomic E-state index is 12.7. The zero-order valence-electron chi connectivity index (χ0n) is 11.0. The fourth-order valence-corrected chi connectivity index (χ4v) is 1.37. The van der Waals surface area contributed by atoms with Crippen LogP contribution in [0.15, 0.2) is 24.3 Å². The number of carbonyl (C=O) groups is 1. The van der Waals surface area contributed by atoms with Gasteiger partial charge in [0.25, 0.3) is 0 Å². The van der Waals surface area contributed by atoms with Crippen molar-refractivity contribution in [2.75, 3.05) is 7.11 Å². The Kier molecular flexibility index (Phi) is 5.30. The molecule has 0 aromatic heterocycles. The molecule has 2 atom stereocenters. The Labute approximate surface area is 120 Å². The number of hydrogen-bond donors (Lipinski definition) is 2. The standard InChI is InChI=1S/C12H11F5O5/c1-21-10(20)9(19)8(18)6-2-4-7(5-3-6)22-12(16,17)11(13,14)15/h2-5,8-9,18-19H,1H3. The van der Waals surface area contributed by atoms with Crippen molar-refractivity contribution >= 4 is 5.97 Å². The van der Waals surface area contributed by atoms with Crippen molar-refractivity contribution in [3.63, 3.8) is 0 Å². The van der Waals surface area contributed by atoms with E-state index in [4.69, 9.17) is 0 Å². The largest absolute Gasteiger partial charge is 0.499 e. The van der Waals surface area contributed by atoms with Gasteiger partial charge in [-0.05, 0) is 17.7 Å². The van der Waals surface area contributed by atoms with Crippen LogP contribution in [0.1, 0.15) is 11.7 Å². The minimum atomic E-state index is -5.88. The topological polar surface area (TPSA) is 76.0 Å². The fraction of sp³-hybridized carbons (Fsp3) is 0.417. The highest BCUT2D eigenvalue weighted by Gasteiger charge is 2.61. The molecule has 0 saturated carbocycles. The molecular formula is C12H11F5O5. The van der Waals surface area contributed by atoms with Gasteiger partial charge in [-0.1, -0.05) is 12.1 Å². The Morgan fingerprint density at radius 1 is 1.09 bits per heavy atom. The van der Waals surface area contributed by atoms with E-state index < -0.39 is 36.2 Å². The van der Waals surface area contributed by atoms with E-state index in [0.717, 1.165) is 31.4 Å². The second-order valence-corrected chi connectivity index (χ2v) is 4.10. The molecule has 0 aliphatic heterocycles. The molecule has 0 radical (unpaired) electrons. The fourth-order valence-electron chi connectivity index (χ4n) is 1.37. The maximum Gasteiger partial charge on any atom is 0.499 e. The highest BCUT2D eigenvalue weighted by atomic mass is 19.4. The smallest absolute Gasteiger partial charge is 0.467 e. The van der Waals surface area contributed by atoms with Gasteiger partial charge < -0.3 is 19.7 Å². The van der Waals surface area contributed by atoms with Gasteiger partial charge in [-0.15, -0.1) is 0 Å². The molecule has 1 aromatic rings. The van der Waals surface area contributed by atoms with E-state index in [9.17, 15) is 37.0 Å². The van der Waals surface area contributed by atoms with E-state index in [1.165, 1.54) is 0 Å². The molecule has 0 heterocycles. The van der Waals surface area contributed by atoms with Crippen LogP contribution in [0, 0.1) is 0 Å². The number of aliphatic hydroxyl groups excluding tert-OH is 2. The molecule has 1 aromatic carbocycles. The van der Waals surface area contributed by atoms with Crippen LogP contribution in [-0.2, 0) is 9.53 Å². The first-order valence-electron chi connectivity index (χ1n) is 5.67. The Morgan fingerprint density at radius 3 is 2.00 bits per heavy atom. The summed E-state index contributed by atoms with van der Waals surface area (Å²) in [6.45, 7) is 0. The summed E-state index contributed by atoms with van der Waals surface area (Å²) < 4.78 is 68.9. The van der Waals surface area contributed by atoms with Crippen molar-refractivity contribution in [3.05, 3.63) is 29.8 Å². The Balaban J connectivity index is 2.85. The van der Waals surface area contributed by atoms with E-state index >= 15 is 0 Å². The highest BCUT2D eigenvalue weighted by Crippen LogP contribution is 2.37. The van der Waals surface area contributed by atoms with Crippen molar-refractivity contribution < 1.29 is 46.4 Å². The first kappa shape index (κ1) is 18.1. The number of halogens is 5. The molecule has 0 aliphatic carbocycles. The van der Waals surface area contributed by atoms with Crippen molar-refractivity contribution in [1.82, 2.24) is 0 Å². The first-order chi connectivity index (χ1) is 9.99. The molecule has 5 nitrogen and oxygen atoms in total. The Bertz CT molecular complexity index is 514. The second-order valence-electron chi connectivity index (χ2n) is 4.10. The SMILES string of the molecule is COC(=O)C(O)C(O)c1ccc(OC(F)(F)C(F)(F)F)cc1. The third kappa shape index (κ3) is 4.04. The Hall–Kier alpha value is -1.94. The lowest BCUT2D eigenvalue weighted by Gasteiger charge is -2.21. The molecule has 2 N–H and O–H groups in total. The van der Waals surface area contributed by atoms with Gasteiger partial charge in [-0.2, -0.15) is 22.0 Å². The minimum absolute atomic E-state index is 0.111. The average Bonchev–Trinajstić information content (AvgIpc) is 2.44. The second kappa shape index (κ2) is 6.44. The van der Waals surface area contributed by atoms with Gasteiger partial charge in [0.2, 0.25) is 0 Å². The van der Waals surface area contributed by atoms with Crippen LogP contribution in [0.25, 0.3) is 0 Å². The van der Waals surface area contributed by atoms with Crippen LogP contribution < -0.4 is 4.74 Å². The van der Waals surface area contributed by atoms with Crippen LogP contribution in [0.3, 0.4) is 0 Å². The maximum atomic E-state index is 12.7. The molecule has 2 unspecified atom stereocenters. The molecule has 124 valence electrons. The summed E-state index contributed by atoms with van der Waals surface area (Å²) in [6, 6.07) is 3.28. The predicted molar refractivity (Wildman–Crippen MR) is 61.1 cm³/mol. The molecule has 1 rings (SSSR count). The van der Waals surface area contributed by atoms with Gasteiger partial charge in [0.1, 0.15) is 11.9 Å². The first-order valence-corrected chi connectivity index (χ1v) is 5.67. The number of methoxy groups -OCH3 is 1. The van der Waals surface area contributed by atoms with Crippen molar-refractivity contribution in [2.45, 2.75) is 24.5 Å². The van der Waals surface area contributed by atoms with E-state index in [0.29, 0.717) is 0 Å². The number of aliphatic hydroxyl groups is 2. The normalized spacial score (nSPS) is 15.1. The summed E-state index contributed by atoms with van der Waals surface area (Å²) in [5.41, 5.74) is -0.111. The van der Waals surface area contributed by atoms with E-state index in [-0.39, 0.29) is 5.56 Å². The molecule has 0 amide bonds. The predicted octanol–water partition coefficient (Wildman–Crippen LogP) is 1.79. The lowest BCUT2D eigenvalue weighted by Crippen LogP contribution is -2.41. The van der Waals surface area contributed by atoms with Crippen LogP contribution in [0.5, 0.6) is 5.75 Å². The summed E-state index contributed by atoms with van der Waals surface area (Å²) >= 11 is 0. The van der Waals surface area contributed by atoms with Crippen LogP contribution in [-0.4, -0.2) is 41.7 Å². The number of rotatable bonds is 5. The zero-order valence-corrected chi connectivity index (χ0v) is 11.0. The Morgan fingerprint density at radius 2 is 1.59 bits per heavy atom. The molecule has 0 saturated heterocycles. The number of hydrogen-bond acceptors (Lipinski definition) is 5. The number of ether oxygens (including phenoxy) is 2. The summed E-state index contributed by atoms with van der Waals surface area (Å²) in [5.74, 6) is -1.96. The van der Waals surface area contributed by atoms with Gasteiger partial charge in [-0.25, -0.2) is 4.79 Å². The molecule has 0 fully saturated rings. The van der Waals surface area contributed by atoms with E-state index in [2.05, 4.69) is 9.47 Å². The summed E-state index contributed by atoms with van der Waals surface area (Å²) in [6.07, 6.45) is -14.9. The molecular weight excluding hydrogens is 319 g/mol. The van der Waals surface area contributed by atoms with Crippen molar-refractivity contribution in [2.24, 2.45) is 0 Å². The van der Waals surface area contributed by atoms with Crippen LogP contribution in [0.2, 0.25) is 0 Å². The van der Waals surface area contributed by atoms with Gasteiger partial charge in [-0.3, -0.25) is 0 Å². The molecule has 22 heavy (non-hydrogen) atoms. The number of benzene rings is 1. The third-order valence-corrected chi connectivity index (χ3v) is 2.54. The van der Waals surface area contributed by atoms with Gasteiger partial charge >= 0.3 is 18.3 Å². The number of esters is 1. The van der Waals surface area contributed by atoms with E-state index in [1.54, 1.807) is 0 Å². The van der Waals surface area contributed by atoms with Crippen LogP contribution in [0.4, 0.5) is 22.0 Å². The third-order valence-electron chi connectivity index (χ3n) is 2.54. The molecule has 0 aliphatic rings. The quantitative estimate of drug-likeness (QED) is 0.636. The monoisotopic (exact) mass is 330 g/mol. The summed E-state index contributed by atoms with van der Waals surface area (Å²) in [5, 5.41) is 19.0. The van der Waals surface area contributed by atoms with E-state index in [1.807, 2.05) is 0 Å². The van der Waals surface area contributed by atoms with Crippen LogP contribution >= 0.6 is 0 Å². The lowest BCUT2D eigenvalue weighted by atomic mass is 10.0.